The van der Waals surface area contributed by atoms with Crippen molar-refractivity contribution in [1.29, 1.82) is 0 Å². The molecule has 0 spiro atoms. The summed E-state index contributed by atoms with van der Waals surface area (Å²) in [4.78, 5) is 12.0. The number of methoxy groups -OCH3 is 1. The van der Waals surface area contributed by atoms with Gasteiger partial charge in [0, 0.05) is 10.0 Å². The Morgan fingerprint density at radius 2 is 2.05 bits per heavy atom. The van der Waals surface area contributed by atoms with E-state index < -0.39 is 11.7 Å². The first-order valence-corrected chi connectivity index (χ1v) is 6.78. The summed E-state index contributed by atoms with van der Waals surface area (Å²) in [7, 11) is 1.36. The fourth-order valence-corrected chi connectivity index (χ4v) is 2.12. The topological polar surface area (TPSA) is 38.3 Å². The minimum atomic E-state index is -0.597. The maximum absolute atomic E-state index is 13.6. The molecule has 0 aromatic heterocycles. The van der Waals surface area contributed by atoms with Crippen LogP contribution < -0.4 is 10.1 Å². The highest BCUT2D eigenvalue weighted by Crippen LogP contribution is 2.26. The zero-order valence-corrected chi connectivity index (χ0v) is 12.8. The predicted octanol–water partition coefficient (Wildman–Crippen LogP) is 4.50. The van der Waals surface area contributed by atoms with E-state index in [1.54, 1.807) is 18.2 Å². The van der Waals surface area contributed by atoms with Gasteiger partial charge in [0.15, 0.2) is 11.6 Å². The van der Waals surface area contributed by atoms with Crippen LogP contribution in [-0.4, -0.2) is 13.0 Å². The standard InChI is InChI=1S/C14H10BrClFNO2/c1-20-13-5-2-8(6-11(13)17)14(19)18-12-7-9(15)3-4-10(12)16/h2-7H,1H3,(H,18,19). The lowest BCUT2D eigenvalue weighted by Gasteiger charge is -2.09. The molecule has 0 aliphatic rings. The molecule has 3 nitrogen and oxygen atoms in total. The van der Waals surface area contributed by atoms with Crippen molar-refractivity contribution in [2.45, 2.75) is 0 Å². The highest BCUT2D eigenvalue weighted by atomic mass is 79.9. The van der Waals surface area contributed by atoms with E-state index in [-0.39, 0.29) is 11.3 Å². The minimum absolute atomic E-state index is 0.0852. The number of amides is 1. The number of rotatable bonds is 3. The van der Waals surface area contributed by atoms with Gasteiger partial charge in [-0.25, -0.2) is 4.39 Å². The van der Waals surface area contributed by atoms with E-state index in [0.29, 0.717) is 10.7 Å². The van der Waals surface area contributed by atoms with E-state index >= 15 is 0 Å². The number of ether oxygens (including phenoxy) is 1. The second-order valence-corrected chi connectivity index (χ2v) is 5.25. The molecule has 2 rings (SSSR count). The second kappa shape index (κ2) is 6.24. The van der Waals surface area contributed by atoms with Crippen molar-refractivity contribution in [3.8, 4) is 5.75 Å². The fourth-order valence-electron chi connectivity index (χ4n) is 1.60. The van der Waals surface area contributed by atoms with Crippen molar-refractivity contribution in [1.82, 2.24) is 0 Å². The lowest BCUT2D eigenvalue weighted by atomic mass is 10.2. The van der Waals surface area contributed by atoms with Crippen LogP contribution in [0, 0.1) is 5.82 Å². The molecule has 0 aliphatic carbocycles. The zero-order chi connectivity index (χ0) is 14.7. The van der Waals surface area contributed by atoms with Gasteiger partial charge in [0.2, 0.25) is 0 Å². The van der Waals surface area contributed by atoms with Gasteiger partial charge < -0.3 is 10.1 Å². The molecule has 2 aromatic carbocycles. The van der Waals surface area contributed by atoms with Gasteiger partial charge in [-0.2, -0.15) is 0 Å². The van der Waals surface area contributed by atoms with Crippen LogP contribution in [0.4, 0.5) is 10.1 Å². The highest BCUT2D eigenvalue weighted by Gasteiger charge is 2.12. The Kier molecular flexibility index (Phi) is 4.62. The predicted molar refractivity (Wildman–Crippen MR) is 80.1 cm³/mol. The summed E-state index contributed by atoms with van der Waals surface area (Å²) < 4.78 is 19.1. The van der Waals surface area contributed by atoms with Gasteiger partial charge in [-0.1, -0.05) is 27.5 Å². The highest BCUT2D eigenvalue weighted by molar-refractivity contribution is 9.10. The molecule has 0 atom stereocenters. The number of hydrogen-bond donors (Lipinski definition) is 1. The third-order valence-electron chi connectivity index (χ3n) is 2.59. The molecule has 0 radical (unpaired) electrons. The Bertz CT molecular complexity index is 664. The quantitative estimate of drug-likeness (QED) is 0.877. The number of nitrogens with one attached hydrogen (secondary N) is 1. The average Bonchev–Trinajstić information content (AvgIpc) is 2.42. The van der Waals surface area contributed by atoms with E-state index in [9.17, 15) is 9.18 Å². The van der Waals surface area contributed by atoms with Crippen molar-refractivity contribution < 1.29 is 13.9 Å². The summed E-state index contributed by atoms with van der Waals surface area (Å²) >= 11 is 9.26. The number of carbonyl (C=O) groups excluding carboxylic acids is 1. The first kappa shape index (κ1) is 14.8. The van der Waals surface area contributed by atoms with Crippen molar-refractivity contribution in [2.24, 2.45) is 0 Å². The lowest BCUT2D eigenvalue weighted by Crippen LogP contribution is -2.12. The van der Waals surface area contributed by atoms with E-state index in [2.05, 4.69) is 21.2 Å². The Morgan fingerprint density at radius 3 is 2.70 bits per heavy atom. The molecule has 20 heavy (non-hydrogen) atoms. The van der Waals surface area contributed by atoms with Crippen LogP contribution in [0.3, 0.4) is 0 Å². The van der Waals surface area contributed by atoms with Crippen molar-refractivity contribution in [2.75, 3.05) is 12.4 Å². The Labute approximate surface area is 128 Å². The molecule has 1 N–H and O–H groups in total. The lowest BCUT2D eigenvalue weighted by molar-refractivity contribution is 0.102. The van der Waals surface area contributed by atoms with Gasteiger partial charge in [-0.3, -0.25) is 4.79 Å². The molecule has 0 fully saturated rings. The third kappa shape index (κ3) is 3.29. The van der Waals surface area contributed by atoms with Crippen molar-refractivity contribution >= 4 is 39.1 Å². The minimum Gasteiger partial charge on any atom is -0.494 e. The number of anilines is 1. The van der Waals surface area contributed by atoms with Crippen LogP contribution in [0.15, 0.2) is 40.9 Å². The van der Waals surface area contributed by atoms with Crippen LogP contribution in [-0.2, 0) is 0 Å². The third-order valence-corrected chi connectivity index (χ3v) is 3.41. The van der Waals surface area contributed by atoms with Crippen LogP contribution >= 0.6 is 27.5 Å². The number of carbonyl (C=O) groups is 1. The molecule has 104 valence electrons. The van der Waals surface area contributed by atoms with Crippen molar-refractivity contribution in [3.05, 3.63) is 57.3 Å². The summed E-state index contributed by atoms with van der Waals surface area (Å²) in [5.41, 5.74) is 0.626. The van der Waals surface area contributed by atoms with E-state index in [0.717, 1.165) is 10.5 Å². The smallest absolute Gasteiger partial charge is 0.255 e. The molecular formula is C14H10BrClFNO2. The molecule has 1 amide bonds. The largest absolute Gasteiger partial charge is 0.494 e. The number of hydrogen-bond acceptors (Lipinski definition) is 2. The molecule has 0 bridgehead atoms. The summed E-state index contributed by atoms with van der Waals surface area (Å²) in [6, 6.07) is 9.05. The number of halogens is 3. The van der Waals surface area contributed by atoms with Crippen LogP contribution in [0.2, 0.25) is 5.02 Å². The average molecular weight is 359 g/mol. The maximum Gasteiger partial charge on any atom is 0.255 e. The molecule has 2 aromatic rings. The summed E-state index contributed by atoms with van der Waals surface area (Å²) in [5, 5.41) is 3.02. The fraction of sp³-hybridized carbons (Fsp3) is 0.0714. The molecule has 6 heteroatoms. The van der Waals surface area contributed by atoms with E-state index in [1.165, 1.54) is 19.2 Å². The van der Waals surface area contributed by atoms with Gasteiger partial charge in [-0.05, 0) is 36.4 Å². The summed E-state index contributed by atoms with van der Waals surface area (Å²) in [6.45, 7) is 0. The van der Waals surface area contributed by atoms with Gasteiger partial charge in [0.1, 0.15) is 0 Å². The van der Waals surface area contributed by atoms with Crippen LogP contribution in [0.5, 0.6) is 5.75 Å². The Morgan fingerprint density at radius 1 is 1.30 bits per heavy atom. The van der Waals surface area contributed by atoms with Gasteiger partial charge in [-0.15, -0.1) is 0 Å². The summed E-state index contributed by atoms with van der Waals surface area (Å²) in [5.74, 6) is -0.964. The van der Waals surface area contributed by atoms with Crippen LogP contribution in [0.1, 0.15) is 10.4 Å². The molecule has 0 saturated carbocycles. The summed E-state index contributed by atoms with van der Waals surface area (Å²) in [6.07, 6.45) is 0. The number of benzene rings is 2. The zero-order valence-electron chi connectivity index (χ0n) is 10.4. The Hall–Kier alpha value is -1.59. The molecular weight excluding hydrogens is 349 g/mol. The molecule has 0 saturated heterocycles. The normalized spacial score (nSPS) is 10.2. The molecule has 0 aliphatic heterocycles. The SMILES string of the molecule is COc1ccc(C(=O)Nc2cc(Br)ccc2Cl)cc1F. The van der Waals surface area contributed by atoms with Gasteiger partial charge in [0.25, 0.3) is 5.91 Å². The van der Waals surface area contributed by atoms with E-state index in [1.807, 2.05) is 0 Å². The molecule has 0 heterocycles. The molecule has 0 unspecified atom stereocenters. The first-order valence-electron chi connectivity index (χ1n) is 5.61. The maximum atomic E-state index is 13.6. The first-order chi connectivity index (χ1) is 9.51. The van der Waals surface area contributed by atoms with Crippen LogP contribution in [0.25, 0.3) is 0 Å². The van der Waals surface area contributed by atoms with Crippen molar-refractivity contribution in [3.63, 3.8) is 0 Å². The van der Waals surface area contributed by atoms with E-state index in [4.69, 9.17) is 16.3 Å². The van der Waals surface area contributed by atoms with Gasteiger partial charge >= 0.3 is 0 Å². The second-order valence-electron chi connectivity index (χ2n) is 3.93. The van der Waals surface area contributed by atoms with Gasteiger partial charge in [0.05, 0.1) is 17.8 Å². The Balaban J connectivity index is 2.24. The monoisotopic (exact) mass is 357 g/mol.